The van der Waals surface area contributed by atoms with Crippen molar-refractivity contribution in [3.63, 3.8) is 0 Å². The third kappa shape index (κ3) is 6.00. The number of benzene rings is 2. The summed E-state index contributed by atoms with van der Waals surface area (Å²) in [5.74, 6) is 1.62. The van der Waals surface area contributed by atoms with Gasteiger partial charge in [-0.2, -0.15) is 0 Å². The summed E-state index contributed by atoms with van der Waals surface area (Å²) >= 11 is 0. The number of nitrogens with zero attached hydrogens (tertiary/aromatic N) is 2. The molecule has 0 N–H and O–H groups in total. The second kappa shape index (κ2) is 10.1. The first-order chi connectivity index (χ1) is 13.6. The van der Waals surface area contributed by atoms with Crippen LogP contribution in [0.25, 0.3) is 0 Å². The Kier molecular flexibility index (Phi) is 7.32. The third-order valence-corrected chi connectivity index (χ3v) is 5.07. The Morgan fingerprint density at radius 3 is 2.43 bits per heavy atom. The molecule has 0 spiro atoms. The van der Waals surface area contributed by atoms with Crippen LogP contribution in [-0.2, 0) is 19.6 Å². The van der Waals surface area contributed by atoms with Gasteiger partial charge in [0.25, 0.3) is 0 Å². The summed E-state index contributed by atoms with van der Waals surface area (Å²) in [4.78, 5) is 2.55. The van der Waals surface area contributed by atoms with Crippen LogP contribution in [0, 0.1) is 5.92 Å². The van der Waals surface area contributed by atoms with Gasteiger partial charge in [-0.05, 0) is 54.3 Å². The second-order valence-electron chi connectivity index (χ2n) is 7.86. The number of ether oxygens (including phenoxy) is 1. The summed E-state index contributed by atoms with van der Waals surface area (Å²) in [6.45, 7) is 8.47. The first kappa shape index (κ1) is 20.2. The molecule has 0 saturated heterocycles. The summed E-state index contributed by atoms with van der Waals surface area (Å²) in [7, 11) is 1.73. The molecule has 0 aliphatic rings. The molecule has 0 amide bonds. The molecule has 0 atom stereocenters. The molecule has 3 heteroatoms. The van der Waals surface area contributed by atoms with Gasteiger partial charge in [-0.25, -0.2) is 0 Å². The smallest absolute Gasteiger partial charge is 0.119 e. The number of aromatic nitrogens is 1. The zero-order valence-electron chi connectivity index (χ0n) is 17.3. The molecule has 1 heterocycles. The number of rotatable bonds is 10. The molecule has 0 radical (unpaired) electrons. The molecule has 0 fully saturated rings. The number of hydrogen-bond acceptors (Lipinski definition) is 2. The molecule has 1 aromatic heterocycles. The van der Waals surface area contributed by atoms with E-state index in [0.29, 0.717) is 5.92 Å². The van der Waals surface area contributed by atoms with Crippen molar-refractivity contribution in [2.75, 3.05) is 13.7 Å². The highest BCUT2D eigenvalue weighted by Crippen LogP contribution is 2.18. The fourth-order valence-electron chi connectivity index (χ4n) is 3.44. The average Bonchev–Trinajstić information content (AvgIpc) is 3.13. The molecule has 3 aromatic rings. The van der Waals surface area contributed by atoms with Crippen LogP contribution < -0.4 is 4.74 Å². The molecule has 0 bridgehead atoms. The summed E-state index contributed by atoms with van der Waals surface area (Å²) in [6.07, 6.45) is 3.39. The molecular formula is C25H32N2O. The minimum absolute atomic E-state index is 0.698. The van der Waals surface area contributed by atoms with Crippen LogP contribution >= 0.6 is 0 Å². The molecule has 0 aliphatic heterocycles. The van der Waals surface area contributed by atoms with E-state index >= 15 is 0 Å². The third-order valence-electron chi connectivity index (χ3n) is 5.07. The summed E-state index contributed by atoms with van der Waals surface area (Å²) < 4.78 is 7.77. The standard InChI is InChI=1S/C25H32N2O/c1-21(2)14-16-26(18-23-11-7-13-25(17-23)28-3)20-24-12-8-15-27(24)19-22-9-5-4-6-10-22/h4-13,15,17,21H,14,16,18-20H2,1-3H3. The zero-order valence-corrected chi connectivity index (χ0v) is 17.3. The van der Waals surface area contributed by atoms with Crippen molar-refractivity contribution in [1.82, 2.24) is 9.47 Å². The van der Waals surface area contributed by atoms with Crippen LogP contribution in [0.4, 0.5) is 0 Å². The van der Waals surface area contributed by atoms with Gasteiger partial charge in [0.05, 0.1) is 7.11 Å². The maximum Gasteiger partial charge on any atom is 0.119 e. The minimum Gasteiger partial charge on any atom is -0.497 e. The summed E-state index contributed by atoms with van der Waals surface area (Å²) in [5.41, 5.74) is 3.99. The summed E-state index contributed by atoms with van der Waals surface area (Å²) in [6, 6.07) is 23.5. The van der Waals surface area contributed by atoms with Crippen LogP contribution in [0.1, 0.15) is 37.1 Å². The first-order valence-electron chi connectivity index (χ1n) is 10.2. The van der Waals surface area contributed by atoms with E-state index < -0.39 is 0 Å². The number of methoxy groups -OCH3 is 1. The number of hydrogen-bond donors (Lipinski definition) is 0. The quantitative estimate of drug-likeness (QED) is 0.459. The van der Waals surface area contributed by atoms with Gasteiger partial charge in [-0.15, -0.1) is 0 Å². The van der Waals surface area contributed by atoms with E-state index in [-0.39, 0.29) is 0 Å². The summed E-state index contributed by atoms with van der Waals surface area (Å²) in [5, 5.41) is 0. The SMILES string of the molecule is COc1cccc(CN(CCC(C)C)Cc2cccn2Cc2ccccc2)c1. The lowest BCUT2D eigenvalue weighted by molar-refractivity contribution is 0.235. The van der Waals surface area contributed by atoms with Crippen molar-refractivity contribution in [3.05, 3.63) is 89.7 Å². The lowest BCUT2D eigenvalue weighted by atomic mass is 10.1. The van der Waals surface area contributed by atoms with Crippen molar-refractivity contribution in [2.24, 2.45) is 5.92 Å². The molecule has 28 heavy (non-hydrogen) atoms. The Morgan fingerprint density at radius 2 is 1.68 bits per heavy atom. The van der Waals surface area contributed by atoms with Gasteiger partial charge < -0.3 is 9.30 Å². The topological polar surface area (TPSA) is 17.4 Å². The van der Waals surface area contributed by atoms with E-state index in [1.165, 1.54) is 23.2 Å². The molecule has 2 aromatic carbocycles. The van der Waals surface area contributed by atoms with Crippen molar-refractivity contribution in [1.29, 1.82) is 0 Å². The maximum absolute atomic E-state index is 5.40. The molecule has 3 nitrogen and oxygen atoms in total. The Balaban J connectivity index is 1.73. The highest BCUT2D eigenvalue weighted by atomic mass is 16.5. The van der Waals surface area contributed by atoms with Crippen LogP contribution in [0.2, 0.25) is 0 Å². The largest absolute Gasteiger partial charge is 0.497 e. The molecular weight excluding hydrogens is 344 g/mol. The second-order valence-corrected chi connectivity index (χ2v) is 7.86. The van der Waals surface area contributed by atoms with Crippen LogP contribution in [0.5, 0.6) is 5.75 Å². The van der Waals surface area contributed by atoms with Crippen molar-refractivity contribution in [3.8, 4) is 5.75 Å². The lowest BCUT2D eigenvalue weighted by Crippen LogP contribution is -2.26. The Morgan fingerprint density at radius 1 is 0.893 bits per heavy atom. The molecule has 148 valence electrons. The first-order valence-corrected chi connectivity index (χ1v) is 10.2. The average molecular weight is 377 g/mol. The Hall–Kier alpha value is -2.52. The van der Waals surface area contributed by atoms with Gasteiger partial charge >= 0.3 is 0 Å². The lowest BCUT2D eigenvalue weighted by Gasteiger charge is -2.24. The highest BCUT2D eigenvalue weighted by Gasteiger charge is 2.12. The highest BCUT2D eigenvalue weighted by molar-refractivity contribution is 5.28. The van der Waals surface area contributed by atoms with Gasteiger partial charge in [0.15, 0.2) is 0 Å². The van der Waals surface area contributed by atoms with Crippen molar-refractivity contribution < 1.29 is 4.74 Å². The van der Waals surface area contributed by atoms with Gasteiger partial charge in [0.2, 0.25) is 0 Å². The van der Waals surface area contributed by atoms with E-state index in [4.69, 9.17) is 4.74 Å². The normalized spacial score (nSPS) is 11.3. The van der Waals surface area contributed by atoms with Gasteiger partial charge in [0, 0.05) is 31.5 Å². The van der Waals surface area contributed by atoms with E-state index in [1.807, 2.05) is 6.07 Å². The van der Waals surface area contributed by atoms with Crippen LogP contribution in [0.15, 0.2) is 72.9 Å². The van der Waals surface area contributed by atoms with Crippen LogP contribution in [0.3, 0.4) is 0 Å². The predicted molar refractivity (Wildman–Crippen MR) is 117 cm³/mol. The molecule has 3 rings (SSSR count). The maximum atomic E-state index is 5.40. The van der Waals surface area contributed by atoms with Gasteiger partial charge in [-0.3, -0.25) is 4.90 Å². The van der Waals surface area contributed by atoms with E-state index in [0.717, 1.165) is 31.9 Å². The fourth-order valence-corrected chi connectivity index (χ4v) is 3.44. The molecule has 0 aliphatic carbocycles. The fraction of sp³-hybridized carbons (Fsp3) is 0.360. The molecule has 0 saturated carbocycles. The van der Waals surface area contributed by atoms with E-state index in [2.05, 4.69) is 90.2 Å². The van der Waals surface area contributed by atoms with Gasteiger partial charge in [0.1, 0.15) is 5.75 Å². The Labute approximate surface area is 169 Å². The minimum atomic E-state index is 0.698. The molecule has 0 unspecified atom stereocenters. The predicted octanol–water partition coefficient (Wildman–Crippen LogP) is 5.59. The van der Waals surface area contributed by atoms with E-state index in [9.17, 15) is 0 Å². The van der Waals surface area contributed by atoms with Crippen LogP contribution in [-0.4, -0.2) is 23.1 Å². The zero-order chi connectivity index (χ0) is 19.8. The van der Waals surface area contributed by atoms with E-state index in [1.54, 1.807) is 7.11 Å². The van der Waals surface area contributed by atoms with Crippen molar-refractivity contribution >= 4 is 0 Å². The monoisotopic (exact) mass is 376 g/mol. The van der Waals surface area contributed by atoms with Crippen molar-refractivity contribution in [2.45, 2.75) is 39.9 Å². The van der Waals surface area contributed by atoms with Gasteiger partial charge in [-0.1, -0.05) is 56.3 Å². The Bertz CT molecular complexity index is 839.